The Bertz CT molecular complexity index is 1220. The molecule has 0 spiro atoms. The summed E-state index contributed by atoms with van der Waals surface area (Å²) in [4.78, 5) is 53.7. The van der Waals surface area contributed by atoms with Crippen LogP contribution in [0.2, 0.25) is 10.0 Å². The minimum absolute atomic E-state index is 0.0179. The molecule has 196 valence electrons. The predicted octanol–water partition coefficient (Wildman–Crippen LogP) is 4.52. The number of urea groups is 1. The molecule has 0 radical (unpaired) electrons. The molecule has 1 saturated carbocycles. The van der Waals surface area contributed by atoms with E-state index in [1.165, 1.54) is 11.0 Å². The van der Waals surface area contributed by atoms with Crippen molar-refractivity contribution in [1.29, 1.82) is 0 Å². The van der Waals surface area contributed by atoms with Crippen molar-refractivity contribution in [1.82, 2.24) is 15.1 Å². The van der Waals surface area contributed by atoms with Crippen LogP contribution in [0.5, 0.6) is 0 Å². The average molecular weight is 546 g/mol. The van der Waals surface area contributed by atoms with Gasteiger partial charge < -0.3 is 20.2 Å². The maximum absolute atomic E-state index is 13.2. The summed E-state index contributed by atoms with van der Waals surface area (Å²) in [5.41, 5.74) is 1.90. The standard InChI is InChI=1S/C27H29Cl2N3O5/c1-31(14-16-5-3-2-4-6-16)27(37)30-13-18(26(35)36)11-22(33)23-21(28)12-20-19(24(23)29)9-10-32(25(20)34)15-17-7-8-17/h2-6,12,17-18H,7-11,13-15H2,1H3,(H,30,37)(H,35,36)/t18-/m0/s1. The van der Waals surface area contributed by atoms with Crippen LogP contribution in [0.15, 0.2) is 36.4 Å². The van der Waals surface area contributed by atoms with Gasteiger partial charge in [-0.1, -0.05) is 53.5 Å². The molecule has 37 heavy (non-hydrogen) atoms. The highest BCUT2D eigenvalue weighted by atomic mass is 35.5. The molecule has 1 heterocycles. The lowest BCUT2D eigenvalue weighted by Crippen LogP contribution is -2.41. The molecule has 1 aliphatic carbocycles. The Morgan fingerprint density at radius 2 is 1.89 bits per heavy atom. The number of Topliss-reactive ketones (excluding diaryl/α,β-unsaturated/α-hetero) is 1. The van der Waals surface area contributed by atoms with Gasteiger partial charge in [0.1, 0.15) is 0 Å². The van der Waals surface area contributed by atoms with Gasteiger partial charge in [-0.15, -0.1) is 0 Å². The van der Waals surface area contributed by atoms with Crippen molar-refractivity contribution in [2.24, 2.45) is 11.8 Å². The summed E-state index contributed by atoms with van der Waals surface area (Å²) in [5, 5.41) is 12.4. The quantitative estimate of drug-likeness (QED) is 0.427. The Kier molecular flexibility index (Phi) is 8.39. The minimum Gasteiger partial charge on any atom is -0.481 e. The van der Waals surface area contributed by atoms with Crippen LogP contribution in [0.1, 0.15) is 51.1 Å². The summed E-state index contributed by atoms with van der Waals surface area (Å²) in [6.07, 6.45) is 2.34. The van der Waals surface area contributed by atoms with Crippen LogP contribution in [0.25, 0.3) is 0 Å². The van der Waals surface area contributed by atoms with Crippen LogP contribution in [0.4, 0.5) is 4.79 Å². The normalized spacial score (nSPS) is 15.6. The van der Waals surface area contributed by atoms with E-state index in [0.29, 0.717) is 43.1 Å². The summed E-state index contributed by atoms with van der Waals surface area (Å²) in [5.74, 6) is -2.56. The Balaban J connectivity index is 1.42. The van der Waals surface area contributed by atoms with Crippen LogP contribution < -0.4 is 5.32 Å². The first-order valence-electron chi connectivity index (χ1n) is 12.2. The van der Waals surface area contributed by atoms with Crippen LogP contribution in [-0.4, -0.2) is 65.3 Å². The molecule has 8 nitrogen and oxygen atoms in total. The number of aliphatic carboxylic acids is 1. The second kappa shape index (κ2) is 11.5. The molecule has 2 aliphatic rings. The van der Waals surface area contributed by atoms with Crippen molar-refractivity contribution in [2.75, 3.05) is 26.7 Å². The van der Waals surface area contributed by atoms with E-state index < -0.39 is 30.1 Å². The first-order chi connectivity index (χ1) is 17.7. The number of carbonyl (C=O) groups excluding carboxylic acids is 3. The third kappa shape index (κ3) is 6.43. The molecule has 1 fully saturated rings. The Morgan fingerprint density at radius 1 is 1.19 bits per heavy atom. The SMILES string of the molecule is CN(Cc1ccccc1)C(=O)NC[C@H](CC(=O)c1c(Cl)cc2c(c1Cl)CCN(CC1CC1)C2=O)C(=O)O. The topological polar surface area (TPSA) is 107 Å². The van der Waals surface area contributed by atoms with E-state index in [0.717, 1.165) is 18.4 Å². The van der Waals surface area contributed by atoms with E-state index >= 15 is 0 Å². The van der Waals surface area contributed by atoms with Gasteiger partial charge in [-0.25, -0.2) is 4.79 Å². The Morgan fingerprint density at radius 3 is 2.54 bits per heavy atom. The molecule has 0 aromatic heterocycles. The first-order valence-corrected chi connectivity index (χ1v) is 13.0. The van der Waals surface area contributed by atoms with Gasteiger partial charge in [0.2, 0.25) is 0 Å². The number of amides is 3. The second-order valence-electron chi connectivity index (χ2n) is 9.71. The number of halogens is 2. The Hall–Kier alpha value is -3.10. The molecule has 1 atom stereocenters. The molecule has 4 rings (SSSR count). The van der Waals surface area contributed by atoms with Crippen LogP contribution in [0.3, 0.4) is 0 Å². The molecule has 10 heteroatoms. The number of ketones is 1. The number of nitrogens with one attached hydrogen (secondary N) is 1. The highest BCUT2D eigenvalue weighted by Gasteiger charge is 2.34. The molecule has 1 aliphatic heterocycles. The summed E-state index contributed by atoms with van der Waals surface area (Å²) in [6, 6.07) is 10.4. The number of benzene rings is 2. The highest BCUT2D eigenvalue weighted by molar-refractivity contribution is 6.41. The van der Waals surface area contributed by atoms with E-state index in [1.807, 2.05) is 30.3 Å². The van der Waals surface area contributed by atoms with Crippen LogP contribution in [0, 0.1) is 11.8 Å². The van der Waals surface area contributed by atoms with Gasteiger partial charge in [-0.05, 0) is 42.4 Å². The average Bonchev–Trinajstić information content (AvgIpc) is 3.68. The molecule has 0 saturated heterocycles. The number of carboxylic acids is 1. The fraction of sp³-hybridized carbons (Fsp3) is 0.407. The van der Waals surface area contributed by atoms with Crippen molar-refractivity contribution in [3.63, 3.8) is 0 Å². The summed E-state index contributed by atoms with van der Waals surface area (Å²) < 4.78 is 0. The fourth-order valence-electron chi connectivity index (χ4n) is 4.50. The van der Waals surface area contributed by atoms with E-state index in [2.05, 4.69) is 5.32 Å². The van der Waals surface area contributed by atoms with Crippen molar-refractivity contribution < 1.29 is 24.3 Å². The van der Waals surface area contributed by atoms with Gasteiger partial charge in [0.05, 0.1) is 21.5 Å². The van der Waals surface area contributed by atoms with Crippen molar-refractivity contribution in [3.8, 4) is 0 Å². The number of hydrogen-bond acceptors (Lipinski definition) is 4. The van der Waals surface area contributed by atoms with Crippen molar-refractivity contribution >= 4 is 46.9 Å². The molecule has 3 amide bonds. The first kappa shape index (κ1) is 26.9. The van der Waals surface area contributed by atoms with Crippen LogP contribution >= 0.6 is 23.2 Å². The zero-order chi connectivity index (χ0) is 26.7. The molecule has 2 aromatic rings. The van der Waals surface area contributed by atoms with Gasteiger partial charge in [0, 0.05) is 45.2 Å². The van der Waals surface area contributed by atoms with Crippen LogP contribution in [-0.2, 0) is 17.8 Å². The molecule has 0 unspecified atom stereocenters. The zero-order valence-electron chi connectivity index (χ0n) is 20.5. The number of rotatable bonds is 10. The molecule has 0 bridgehead atoms. The lowest BCUT2D eigenvalue weighted by molar-refractivity contribution is -0.141. The molecule has 2 N–H and O–H groups in total. The summed E-state index contributed by atoms with van der Waals surface area (Å²) in [7, 11) is 1.60. The van der Waals surface area contributed by atoms with Gasteiger partial charge in [-0.3, -0.25) is 14.4 Å². The van der Waals surface area contributed by atoms with Crippen molar-refractivity contribution in [3.05, 3.63) is 68.7 Å². The number of fused-ring (bicyclic) bond motifs is 1. The van der Waals surface area contributed by atoms with E-state index in [1.54, 1.807) is 11.9 Å². The Labute approximate surface area is 225 Å². The number of carbonyl (C=O) groups is 4. The molecule has 2 aromatic carbocycles. The zero-order valence-corrected chi connectivity index (χ0v) is 22.0. The summed E-state index contributed by atoms with van der Waals surface area (Å²) >= 11 is 13.0. The largest absolute Gasteiger partial charge is 0.481 e. The minimum atomic E-state index is -1.23. The number of hydrogen-bond donors (Lipinski definition) is 2. The lowest BCUT2D eigenvalue weighted by Gasteiger charge is -2.30. The van der Waals surface area contributed by atoms with Gasteiger partial charge in [-0.2, -0.15) is 0 Å². The molecular formula is C27H29Cl2N3O5. The van der Waals surface area contributed by atoms with E-state index in [9.17, 15) is 24.3 Å². The van der Waals surface area contributed by atoms with Gasteiger partial charge >= 0.3 is 12.0 Å². The molecular weight excluding hydrogens is 517 g/mol. The number of carboxylic acid groups (broad SMARTS) is 1. The third-order valence-electron chi connectivity index (χ3n) is 6.81. The van der Waals surface area contributed by atoms with E-state index in [-0.39, 0.29) is 28.1 Å². The van der Waals surface area contributed by atoms with E-state index in [4.69, 9.17) is 23.2 Å². The van der Waals surface area contributed by atoms with Gasteiger partial charge in [0.25, 0.3) is 5.91 Å². The van der Waals surface area contributed by atoms with Crippen molar-refractivity contribution in [2.45, 2.75) is 32.2 Å². The third-order valence-corrected chi connectivity index (χ3v) is 7.53. The predicted molar refractivity (Wildman–Crippen MR) is 140 cm³/mol. The monoisotopic (exact) mass is 545 g/mol. The summed E-state index contributed by atoms with van der Waals surface area (Å²) in [6.45, 7) is 1.33. The maximum atomic E-state index is 13.2. The second-order valence-corrected chi connectivity index (χ2v) is 10.5. The fourth-order valence-corrected chi connectivity index (χ4v) is 5.26. The lowest BCUT2D eigenvalue weighted by atomic mass is 9.92. The van der Waals surface area contributed by atoms with Gasteiger partial charge in [0.15, 0.2) is 5.78 Å². The highest BCUT2D eigenvalue weighted by Crippen LogP contribution is 2.37. The smallest absolute Gasteiger partial charge is 0.317 e. The maximum Gasteiger partial charge on any atom is 0.317 e. The number of nitrogens with zero attached hydrogens (tertiary/aromatic N) is 2.